The second kappa shape index (κ2) is 8.55. The monoisotopic (exact) mass is 427 g/mol. The number of hydrogen-bond donors (Lipinski definition) is 2. The van der Waals surface area contributed by atoms with Crippen molar-refractivity contribution in [2.75, 3.05) is 13.1 Å². The van der Waals surface area contributed by atoms with Crippen LogP contribution in [-0.2, 0) is 11.2 Å². The van der Waals surface area contributed by atoms with Crippen LogP contribution in [0.4, 0.5) is 4.39 Å². The van der Waals surface area contributed by atoms with Crippen molar-refractivity contribution in [2.24, 2.45) is 5.92 Å². The summed E-state index contributed by atoms with van der Waals surface area (Å²) in [5, 5.41) is 24.3. The minimum absolute atomic E-state index is 0.0203. The van der Waals surface area contributed by atoms with Gasteiger partial charge in [-0.3, -0.25) is 4.79 Å². The summed E-state index contributed by atoms with van der Waals surface area (Å²) in [4.78, 5) is 15.0. The molecule has 1 heterocycles. The number of aromatic nitrogens is 2. The van der Waals surface area contributed by atoms with E-state index in [-0.39, 0.29) is 36.6 Å². The Kier molecular flexibility index (Phi) is 5.99. The zero-order chi connectivity index (χ0) is 22.3. The molecule has 0 bridgehead atoms. The average Bonchev–Trinajstić information content (AvgIpc) is 3.32. The standard InChI is InChI=1S/C24H30FN3O3/c1-14(29)12-27(13-15(2)30)24(31)20-9-4-17-10-22-21(16(3)23(17)20)11-26-28(22)19-7-5-18(25)6-8-19/h5-8,11,14-16,20,29-30H,4,9-10,12-13H2,1-3H3/t14?,15?,16-,20+/m0/s1. The molecule has 4 rings (SSSR count). The molecular formula is C24H30FN3O3. The van der Waals surface area contributed by atoms with E-state index in [0.29, 0.717) is 0 Å². The molecule has 0 fully saturated rings. The average molecular weight is 428 g/mol. The molecule has 1 amide bonds. The van der Waals surface area contributed by atoms with Crippen LogP contribution in [0.2, 0.25) is 0 Å². The number of allylic oxidation sites excluding steroid dienone is 1. The van der Waals surface area contributed by atoms with Gasteiger partial charge in [0, 0.05) is 31.0 Å². The highest BCUT2D eigenvalue weighted by Gasteiger charge is 2.40. The number of halogens is 1. The summed E-state index contributed by atoms with van der Waals surface area (Å²) >= 11 is 0. The van der Waals surface area contributed by atoms with Crippen LogP contribution in [0.15, 0.2) is 41.6 Å². The van der Waals surface area contributed by atoms with Crippen LogP contribution < -0.4 is 0 Å². The quantitative estimate of drug-likeness (QED) is 0.695. The van der Waals surface area contributed by atoms with Crippen molar-refractivity contribution in [2.45, 2.75) is 58.2 Å². The number of nitrogens with zero attached hydrogens (tertiary/aromatic N) is 3. The number of benzene rings is 1. The Morgan fingerprint density at radius 2 is 1.87 bits per heavy atom. The highest BCUT2D eigenvalue weighted by atomic mass is 19.1. The van der Waals surface area contributed by atoms with Gasteiger partial charge in [0.25, 0.3) is 0 Å². The van der Waals surface area contributed by atoms with Gasteiger partial charge in [0.05, 0.1) is 35.7 Å². The lowest BCUT2D eigenvalue weighted by molar-refractivity contribution is -0.137. The van der Waals surface area contributed by atoms with E-state index in [1.165, 1.54) is 17.7 Å². The molecule has 166 valence electrons. The largest absolute Gasteiger partial charge is 0.392 e. The summed E-state index contributed by atoms with van der Waals surface area (Å²) in [6, 6.07) is 6.32. The summed E-state index contributed by atoms with van der Waals surface area (Å²) in [5.41, 5.74) is 5.45. The summed E-state index contributed by atoms with van der Waals surface area (Å²) < 4.78 is 15.2. The lowest BCUT2D eigenvalue weighted by atomic mass is 9.79. The van der Waals surface area contributed by atoms with Crippen LogP contribution in [0.5, 0.6) is 0 Å². The second-order valence-electron chi connectivity index (χ2n) is 8.92. The number of aliphatic hydroxyl groups excluding tert-OH is 2. The molecule has 2 aliphatic rings. The van der Waals surface area contributed by atoms with E-state index in [0.717, 1.165) is 41.8 Å². The second-order valence-corrected chi connectivity index (χ2v) is 8.92. The predicted octanol–water partition coefficient (Wildman–Crippen LogP) is 2.97. The van der Waals surface area contributed by atoms with E-state index in [4.69, 9.17) is 0 Å². The molecule has 0 saturated carbocycles. The molecule has 1 aromatic carbocycles. The summed E-state index contributed by atoms with van der Waals surface area (Å²) in [6.45, 7) is 5.85. The first-order chi connectivity index (χ1) is 14.8. The molecule has 31 heavy (non-hydrogen) atoms. The number of amides is 1. The molecule has 7 heteroatoms. The highest BCUT2D eigenvalue weighted by molar-refractivity contribution is 5.83. The van der Waals surface area contributed by atoms with E-state index in [1.54, 1.807) is 30.9 Å². The van der Waals surface area contributed by atoms with Gasteiger partial charge in [-0.05, 0) is 51.0 Å². The maximum Gasteiger partial charge on any atom is 0.229 e. The van der Waals surface area contributed by atoms with E-state index < -0.39 is 12.2 Å². The van der Waals surface area contributed by atoms with E-state index in [9.17, 15) is 19.4 Å². The fraction of sp³-hybridized carbons (Fsp3) is 0.500. The Morgan fingerprint density at radius 3 is 2.48 bits per heavy atom. The van der Waals surface area contributed by atoms with E-state index in [1.807, 2.05) is 10.9 Å². The molecule has 2 unspecified atom stereocenters. The van der Waals surface area contributed by atoms with Crippen molar-refractivity contribution in [1.82, 2.24) is 14.7 Å². The van der Waals surface area contributed by atoms with Gasteiger partial charge < -0.3 is 15.1 Å². The van der Waals surface area contributed by atoms with Crippen LogP contribution in [0.25, 0.3) is 5.69 Å². The van der Waals surface area contributed by atoms with E-state index >= 15 is 0 Å². The smallest absolute Gasteiger partial charge is 0.229 e. The van der Waals surface area contributed by atoms with Crippen LogP contribution >= 0.6 is 0 Å². The topological polar surface area (TPSA) is 78.6 Å². The van der Waals surface area contributed by atoms with Crippen molar-refractivity contribution in [1.29, 1.82) is 0 Å². The molecule has 4 atom stereocenters. The van der Waals surface area contributed by atoms with Crippen molar-refractivity contribution in [3.05, 3.63) is 58.7 Å². The zero-order valence-electron chi connectivity index (χ0n) is 18.3. The summed E-state index contributed by atoms with van der Waals surface area (Å²) in [6.07, 6.45) is 2.88. The fourth-order valence-corrected chi connectivity index (χ4v) is 5.13. The van der Waals surface area contributed by atoms with Gasteiger partial charge in [-0.1, -0.05) is 18.1 Å². The van der Waals surface area contributed by atoms with Crippen LogP contribution in [0.3, 0.4) is 0 Å². The Balaban J connectivity index is 1.62. The molecule has 0 aliphatic heterocycles. The summed E-state index contributed by atoms with van der Waals surface area (Å²) in [5.74, 6) is -0.471. The third kappa shape index (κ3) is 4.16. The number of hydrogen-bond acceptors (Lipinski definition) is 4. The van der Waals surface area contributed by atoms with Gasteiger partial charge in [-0.2, -0.15) is 5.10 Å². The van der Waals surface area contributed by atoms with Gasteiger partial charge >= 0.3 is 0 Å². The van der Waals surface area contributed by atoms with Crippen molar-refractivity contribution >= 4 is 5.91 Å². The van der Waals surface area contributed by atoms with Gasteiger partial charge in [0.15, 0.2) is 0 Å². The molecule has 6 nitrogen and oxygen atoms in total. The van der Waals surface area contributed by atoms with Crippen LogP contribution in [-0.4, -0.2) is 56.1 Å². The van der Waals surface area contributed by atoms with Gasteiger partial charge in [-0.25, -0.2) is 9.07 Å². The Hall–Kier alpha value is -2.51. The van der Waals surface area contributed by atoms with Gasteiger partial charge in [0.2, 0.25) is 5.91 Å². The minimum Gasteiger partial charge on any atom is -0.392 e. The molecule has 2 N–H and O–H groups in total. The number of carbonyl (C=O) groups is 1. The van der Waals surface area contributed by atoms with E-state index in [2.05, 4.69) is 12.0 Å². The predicted molar refractivity (Wildman–Crippen MR) is 115 cm³/mol. The molecule has 0 saturated heterocycles. The lowest BCUT2D eigenvalue weighted by Crippen LogP contribution is -2.44. The lowest BCUT2D eigenvalue weighted by Gasteiger charge is -2.32. The highest BCUT2D eigenvalue weighted by Crippen LogP contribution is 2.47. The Bertz CT molecular complexity index is 984. The van der Waals surface area contributed by atoms with Gasteiger partial charge in [0.1, 0.15) is 5.82 Å². The zero-order valence-corrected chi connectivity index (χ0v) is 18.3. The number of fused-ring (bicyclic) bond motifs is 1. The molecule has 0 spiro atoms. The van der Waals surface area contributed by atoms with Crippen molar-refractivity contribution in [3.8, 4) is 5.69 Å². The fourth-order valence-electron chi connectivity index (χ4n) is 5.13. The number of aliphatic hydroxyl groups is 2. The molecular weight excluding hydrogens is 397 g/mol. The first kappa shape index (κ1) is 21.7. The third-order valence-corrected chi connectivity index (χ3v) is 6.38. The normalized spacial score (nSPS) is 22.1. The van der Waals surface area contributed by atoms with Crippen LogP contribution in [0.1, 0.15) is 50.8 Å². The SMILES string of the molecule is CC(O)CN(CC(C)O)C(=O)[C@@H]1CCC2=C1[C@@H](C)c1cnn(-c3ccc(F)cc3)c1C2. The first-order valence-electron chi connectivity index (χ1n) is 11.0. The van der Waals surface area contributed by atoms with Crippen molar-refractivity contribution in [3.63, 3.8) is 0 Å². The minimum atomic E-state index is -0.651. The number of carbonyl (C=O) groups excluding carboxylic acids is 1. The summed E-state index contributed by atoms with van der Waals surface area (Å²) in [7, 11) is 0. The van der Waals surface area contributed by atoms with Crippen LogP contribution in [0, 0.1) is 11.7 Å². The first-order valence-corrected chi connectivity index (χ1v) is 11.0. The Labute approximate surface area is 182 Å². The third-order valence-electron chi connectivity index (χ3n) is 6.38. The Morgan fingerprint density at radius 1 is 1.23 bits per heavy atom. The maximum atomic E-state index is 13.4. The van der Waals surface area contributed by atoms with Crippen molar-refractivity contribution < 1.29 is 19.4 Å². The molecule has 0 radical (unpaired) electrons. The van der Waals surface area contributed by atoms with Gasteiger partial charge in [-0.15, -0.1) is 0 Å². The number of rotatable bonds is 6. The maximum absolute atomic E-state index is 13.4. The molecule has 2 aliphatic carbocycles. The molecule has 2 aromatic rings. The molecule has 1 aromatic heterocycles.